The van der Waals surface area contributed by atoms with Crippen molar-refractivity contribution in [3.8, 4) is 0 Å². The SMILES string of the molecule is Cc1cc(C(=N)N)nc(N(C)C2CCCC(C)C2)n1. The van der Waals surface area contributed by atoms with E-state index in [4.69, 9.17) is 11.1 Å². The normalized spacial score (nSPS) is 23.1. The van der Waals surface area contributed by atoms with Crippen molar-refractivity contribution in [2.24, 2.45) is 11.7 Å². The third-order valence-corrected chi connectivity index (χ3v) is 3.89. The van der Waals surface area contributed by atoms with E-state index in [0.717, 1.165) is 11.6 Å². The Labute approximate surface area is 114 Å². The fourth-order valence-corrected chi connectivity index (χ4v) is 2.77. The van der Waals surface area contributed by atoms with E-state index in [9.17, 15) is 0 Å². The van der Waals surface area contributed by atoms with Crippen LogP contribution in [0.1, 0.15) is 44.0 Å². The van der Waals surface area contributed by atoms with Gasteiger partial charge in [-0.3, -0.25) is 5.41 Å². The van der Waals surface area contributed by atoms with E-state index in [0.29, 0.717) is 17.7 Å². The minimum atomic E-state index is -0.00263. The molecule has 1 aliphatic rings. The summed E-state index contributed by atoms with van der Waals surface area (Å²) in [6, 6.07) is 2.24. The standard InChI is InChI=1S/C14H23N5/c1-9-5-4-6-11(7-9)19(3)14-17-10(2)8-12(18-14)13(15)16/h8-9,11H,4-7H2,1-3H3,(H3,15,16). The smallest absolute Gasteiger partial charge is 0.226 e. The number of hydrogen-bond acceptors (Lipinski definition) is 4. The first-order valence-electron chi connectivity index (χ1n) is 6.90. The van der Waals surface area contributed by atoms with E-state index < -0.39 is 0 Å². The predicted octanol–water partition coefficient (Wildman–Crippen LogP) is 2.08. The van der Waals surface area contributed by atoms with Crippen molar-refractivity contribution >= 4 is 11.8 Å². The zero-order valence-electron chi connectivity index (χ0n) is 12.0. The van der Waals surface area contributed by atoms with Crippen molar-refractivity contribution < 1.29 is 0 Å². The average molecular weight is 261 g/mol. The minimum Gasteiger partial charge on any atom is -0.382 e. The van der Waals surface area contributed by atoms with E-state index in [1.54, 1.807) is 6.07 Å². The molecule has 5 heteroatoms. The van der Waals surface area contributed by atoms with Crippen molar-refractivity contribution in [1.82, 2.24) is 9.97 Å². The Morgan fingerprint density at radius 1 is 1.42 bits per heavy atom. The molecule has 0 saturated heterocycles. The number of hydrogen-bond donors (Lipinski definition) is 2. The first kappa shape index (κ1) is 13.8. The summed E-state index contributed by atoms with van der Waals surface area (Å²) in [5.41, 5.74) is 6.89. The summed E-state index contributed by atoms with van der Waals surface area (Å²) in [7, 11) is 2.04. The van der Waals surface area contributed by atoms with Crippen LogP contribution in [0.5, 0.6) is 0 Å². The largest absolute Gasteiger partial charge is 0.382 e. The number of nitrogens with two attached hydrogens (primary N) is 1. The predicted molar refractivity (Wildman–Crippen MR) is 77.6 cm³/mol. The van der Waals surface area contributed by atoms with E-state index in [1.807, 2.05) is 14.0 Å². The fourth-order valence-electron chi connectivity index (χ4n) is 2.77. The molecular formula is C14H23N5. The summed E-state index contributed by atoms with van der Waals surface area (Å²) >= 11 is 0. The van der Waals surface area contributed by atoms with E-state index in [1.165, 1.54) is 25.7 Å². The maximum absolute atomic E-state index is 7.52. The van der Waals surface area contributed by atoms with Gasteiger partial charge < -0.3 is 10.6 Å². The van der Waals surface area contributed by atoms with Crippen LogP contribution in [-0.2, 0) is 0 Å². The Kier molecular flexibility index (Phi) is 4.02. The molecule has 1 aromatic rings. The number of anilines is 1. The lowest BCUT2D eigenvalue weighted by molar-refractivity contribution is 0.334. The molecular weight excluding hydrogens is 238 g/mol. The molecule has 1 aromatic heterocycles. The van der Waals surface area contributed by atoms with Gasteiger partial charge in [-0.2, -0.15) is 0 Å². The Morgan fingerprint density at radius 2 is 2.16 bits per heavy atom. The van der Waals surface area contributed by atoms with Gasteiger partial charge in [-0.25, -0.2) is 9.97 Å². The zero-order chi connectivity index (χ0) is 14.0. The van der Waals surface area contributed by atoms with Crippen LogP contribution in [0.3, 0.4) is 0 Å². The van der Waals surface area contributed by atoms with Crippen LogP contribution in [0.25, 0.3) is 0 Å². The number of nitrogens with zero attached hydrogens (tertiary/aromatic N) is 3. The summed E-state index contributed by atoms with van der Waals surface area (Å²) < 4.78 is 0. The van der Waals surface area contributed by atoms with Crippen molar-refractivity contribution in [2.45, 2.75) is 45.6 Å². The van der Waals surface area contributed by atoms with Gasteiger partial charge in [-0.15, -0.1) is 0 Å². The molecule has 104 valence electrons. The number of aromatic nitrogens is 2. The lowest BCUT2D eigenvalue weighted by Crippen LogP contribution is -2.37. The Bertz CT molecular complexity index is 471. The van der Waals surface area contributed by atoms with Crippen molar-refractivity contribution in [1.29, 1.82) is 5.41 Å². The summed E-state index contributed by atoms with van der Waals surface area (Å²) in [4.78, 5) is 11.0. The van der Waals surface area contributed by atoms with Crippen LogP contribution in [0.15, 0.2) is 6.07 Å². The third-order valence-electron chi connectivity index (χ3n) is 3.89. The molecule has 0 spiro atoms. The third kappa shape index (κ3) is 3.22. The number of nitrogen functional groups attached to an aromatic ring is 1. The van der Waals surface area contributed by atoms with Crippen molar-refractivity contribution in [3.05, 3.63) is 17.5 Å². The monoisotopic (exact) mass is 261 g/mol. The number of nitrogens with one attached hydrogen (secondary N) is 1. The molecule has 0 aliphatic heterocycles. The van der Waals surface area contributed by atoms with Crippen LogP contribution in [0, 0.1) is 18.3 Å². The van der Waals surface area contributed by atoms with Gasteiger partial charge in [0.05, 0.1) is 0 Å². The summed E-state index contributed by atoms with van der Waals surface area (Å²) in [5.74, 6) is 1.44. The second-order valence-electron chi connectivity index (χ2n) is 5.64. The first-order valence-corrected chi connectivity index (χ1v) is 6.90. The number of amidine groups is 1. The van der Waals surface area contributed by atoms with Crippen LogP contribution in [0.2, 0.25) is 0 Å². The number of aryl methyl sites for hydroxylation is 1. The fraction of sp³-hybridized carbons (Fsp3) is 0.643. The highest BCUT2D eigenvalue weighted by molar-refractivity contribution is 5.93. The van der Waals surface area contributed by atoms with E-state index in [2.05, 4.69) is 21.8 Å². The van der Waals surface area contributed by atoms with Gasteiger partial charge in [0.2, 0.25) is 5.95 Å². The summed E-state index contributed by atoms with van der Waals surface area (Å²) in [6.45, 7) is 4.22. The van der Waals surface area contributed by atoms with E-state index in [-0.39, 0.29) is 5.84 Å². The highest BCUT2D eigenvalue weighted by Gasteiger charge is 2.24. The molecule has 1 fully saturated rings. The summed E-state index contributed by atoms with van der Waals surface area (Å²) in [6.07, 6.45) is 4.95. The molecule has 2 atom stereocenters. The molecule has 2 unspecified atom stereocenters. The Morgan fingerprint density at radius 3 is 2.79 bits per heavy atom. The topological polar surface area (TPSA) is 78.9 Å². The van der Waals surface area contributed by atoms with Gasteiger partial charge in [0.1, 0.15) is 11.5 Å². The Hall–Kier alpha value is -1.65. The van der Waals surface area contributed by atoms with Gasteiger partial charge in [0, 0.05) is 18.8 Å². The van der Waals surface area contributed by atoms with Gasteiger partial charge in [-0.05, 0) is 31.7 Å². The lowest BCUT2D eigenvalue weighted by atomic mass is 9.86. The van der Waals surface area contributed by atoms with Crippen LogP contribution < -0.4 is 10.6 Å². The Balaban J connectivity index is 2.22. The highest BCUT2D eigenvalue weighted by atomic mass is 15.3. The quantitative estimate of drug-likeness (QED) is 0.645. The van der Waals surface area contributed by atoms with Crippen molar-refractivity contribution in [3.63, 3.8) is 0 Å². The van der Waals surface area contributed by atoms with Gasteiger partial charge >= 0.3 is 0 Å². The molecule has 0 amide bonds. The molecule has 1 heterocycles. The number of rotatable bonds is 3. The molecule has 1 saturated carbocycles. The lowest BCUT2D eigenvalue weighted by Gasteiger charge is -2.34. The summed E-state index contributed by atoms with van der Waals surface area (Å²) in [5, 5.41) is 7.52. The second kappa shape index (κ2) is 5.55. The molecule has 5 nitrogen and oxygen atoms in total. The van der Waals surface area contributed by atoms with Crippen LogP contribution in [0.4, 0.5) is 5.95 Å². The molecule has 3 N–H and O–H groups in total. The van der Waals surface area contributed by atoms with E-state index >= 15 is 0 Å². The maximum atomic E-state index is 7.52. The first-order chi connectivity index (χ1) is 8.97. The molecule has 2 rings (SSSR count). The zero-order valence-corrected chi connectivity index (χ0v) is 12.0. The van der Waals surface area contributed by atoms with Crippen LogP contribution in [-0.4, -0.2) is 28.9 Å². The van der Waals surface area contributed by atoms with Gasteiger partial charge in [0.15, 0.2) is 0 Å². The minimum absolute atomic E-state index is 0.00263. The molecule has 0 radical (unpaired) electrons. The highest BCUT2D eigenvalue weighted by Crippen LogP contribution is 2.28. The second-order valence-corrected chi connectivity index (χ2v) is 5.64. The average Bonchev–Trinajstić information content (AvgIpc) is 2.37. The van der Waals surface area contributed by atoms with Crippen molar-refractivity contribution in [2.75, 3.05) is 11.9 Å². The van der Waals surface area contributed by atoms with Gasteiger partial charge in [-0.1, -0.05) is 19.8 Å². The maximum Gasteiger partial charge on any atom is 0.226 e. The molecule has 0 bridgehead atoms. The molecule has 0 aromatic carbocycles. The van der Waals surface area contributed by atoms with Gasteiger partial charge in [0.25, 0.3) is 0 Å². The molecule has 19 heavy (non-hydrogen) atoms. The molecule has 1 aliphatic carbocycles. The van der Waals surface area contributed by atoms with Crippen LogP contribution >= 0.6 is 0 Å².